The Kier molecular flexibility index (Phi) is 5.81. The zero-order valence-corrected chi connectivity index (χ0v) is 19.0. The van der Waals surface area contributed by atoms with Crippen LogP contribution in [0.5, 0.6) is 0 Å². The summed E-state index contributed by atoms with van der Waals surface area (Å²) in [5.41, 5.74) is 4.17. The van der Waals surface area contributed by atoms with Crippen LogP contribution in [0.3, 0.4) is 0 Å². The first-order valence-corrected chi connectivity index (χ1v) is 11.2. The minimum absolute atomic E-state index is 0.135. The molecule has 5 rings (SSSR count). The fourth-order valence-electron chi connectivity index (χ4n) is 4.31. The van der Waals surface area contributed by atoms with Crippen molar-refractivity contribution in [1.29, 1.82) is 5.26 Å². The van der Waals surface area contributed by atoms with Gasteiger partial charge in [-0.05, 0) is 48.7 Å². The molecule has 35 heavy (non-hydrogen) atoms. The number of anilines is 2. The Morgan fingerprint density at radius 2 is 1.86 bits per heavy atom. The Morgan fingerprint density at radius 3 is 2.60 bits per heavy atom. The number of nitrogens with one attached hydrogen (secondary N) is 1. The van der Waals surface area contributed by atoms with Crippen LogP contribution in [-0.2, 0) is 13.0 Å². The van der Waals surface area contributed by atoms with E-state index in [1.54, 1.807) is 15.6 Å². The van der Waals surface area contributed by atoms with E-state index in [0.717, 1.165) is 17.7 Å². The SMILES string of the molecule is CC1Cn2ncc(C(=O)Nc3ccnc(C#N)c3)c2C(=O)N1c1ccc(Cc2ccccc2)cc1. The van der Waals surface area contributed by atoms with E-state index in [1.165, 1.54) is 24.0 Å². The van der Waals surface area contributed by atoms with Gasteiger partial charge in [0, 0.05) is 17.6 Å². The summed E-state index contributed by atoms with van der Waals surface area (Å²) < 4.78 is 1.58. The van der Waals surface area contributed by atoms with Gasteiger partial charge in [0.05, 0.1) is 24.3 Å². The molecule has 8 heteroatoms. The minimum atomic E-state index is -0.470. The molecule has 1 aliphatic heterocycles. The van der Waals surface area contributed by atoms with E-state index >= 15 is 0 Å². The zero-order chi connectivity index (χ0) is 24.4. The van der Waals surface area contributed by atoms with Crippen molar-refractivity contribution in [2.45, 2.75) is 25.9 Å². The molecule has 2 aromatic heterocycles. The van der Waals surface area contributed by atoms with Crippen molar-refractivity contribution in [2.75, 3.05) is 10.2 Å². The molecule has 0 aliphatic carbocycles. The van der Waals surface area contributed by atoms with E-state index in [4.69, 9.17) is 5.26 Å². The topological polar surface area (TPSA) is 104 Å². The molecule has 2 amide bonds. The maximum Gasteiger partial charge on any atom is 0.277 e. The zero-order valence-electron chi connectivity index (χ0n) is 19.0. The number of carbonyl (C=O) groups excluding carboxylic acids is 2. The number of nitrogens with zero attached hydrogens (tertiary/aromatic N) is 5. The first kappa shape index (κ1) is 22.0. The maximum atomic E-state index is 13.6. The summed E-state index contributed by atoms with van der Waals surface area (Å²) in [6.07, 6.45) is 3.66. The Balaban J connectivity index is 1.38. The van der Waals surface area contributed by atoms with Crippen LogP contribution in [0, 0.1) is 11.3 Å². The fourth-order valence-corrected chi connectivity index (χ4v) is 4.31. The molecular weight excluding hydrogens is 440 g/mol. The van der Waals surface area contributed by atoms with Crippen LogP contribution in [0.25, 0.3) is 0 Å². The second-order valence-electron chi connectivity index (χ2n) is 8.44. The monoisotopic (exact) mass is 462 g/mol. The third-order valence-corrected chi connectivity index (χ3v) is 5.98. The van der Waals surface area contributed by atoms with E-state index in [-0.39, 0.29) is 28.9 Å². The van der Waals surface area contributed by atoms with Crippen LogP contribution in [0.15, 0.2) is 79.1 Å². The van der Waals surface area contributed by atoms with Crippen LogP contribution in [-0.4, -0.2) is 32.6 Å². The molecule has 0 fully saturated rings. The summed E-state index contributed by atoms with van der Waals surface area (Å²) in [6.45, 7) is 2.43. The normalized spacial score (nSPS) is 14.8. The summed E-state index contributed by atoms with van der Waals surface area (Å²) in [6, 6.07) is 23.0. The number of hydrogen-bond acceptors (Lipinski definition) is 5. The fraction of sp³-hybridized carbons (Fsp3) is 0.148. The van der Waals surface area contributed by atoms with Crippen molar-refractivity contribution in [3.63, 3.8) is 0 Å². The molecule has 8 nitrogen and oxygen atoms in total. The summed E-state index contributed by atoms with van der Waals surface area (Å²) >= 11 is 0. The van der Waals surface area contributed by atoms with Gasteiger partial charge in [0.2, 0.25) is 0 Å². The van der Waals surface area contributed by atoms with Gasteiger partial charge in [-0.25, -0.2) is 4.98 Å². The number of nitriles is 1. The molecule has 0 spiro atoms. The van der Waals surface area contributed by atoms with Crippen LogP contribution in [0.1, 0.15) is 44.6 Å². The summed E-state index contributed by atoms with van der Waals surface area (Å²) in [7, 11) is 0. The van der Waals surface area contributed by atoms with E-state index in [1.807, 2.05) is 55.5 Å². The van der Waals surface area contributed by atoms with E-state index < -0.39 is 5.91 Å². The molecular formula is C27H22N6O2. The van der Waals surface area contributed by atoms with Crippen LogP contribution >= 0.6 is 0 Å². The third-order valence-electron chi connectivity index (χ3n) is 5.98. The van der Waals surface area contributed by atoms with Crippen LogP contribution in [0.2, 0.25) is 0 Å². The molecule has 3 heterocycles. The summed E-state index contributed by atoms with van der Waals surface area (Å²) in [5, 5.41) is 16.1. The minimum Gasteiger partial charge on any atom is -0.322 e. The molecule has 1 aliphatic rings. The van der Waals surface area contributed by atoms with E-state index in [0.29, 0.717) is 12.2 Å². The number of carbonyl (C=O) groups is 2. The number of rotatable bonds is 5. The Hall–Kier alpha value is -4.77. The van der Waals surface area contributed by atoms with E-state index in [2.05, 4.69) is 27.5 Å². The maximum absolute atomic E-state index is 13.6. The number of aromatic nitrogens is 3. The second-order valence-corrected chi connectivity index (χ2v) is 8.44. The molecule has 0 saturated heterocycles. The number of hydrogen-bond donors (Lipinski definition) is 1. The van der Waals surface area contributed by atoms with Gasteiger partial charge in [-0.1, -0.05) is 42.5 Å². The van der Waals surface area contributed by atoms with Crippen LogP contribution < -0.4 is 10.2 Å². The van der Waals surface area contributed by atoms with Crippen LogP contribution in [0.4, 0.5) is 11.4 Å². The van der Waals surface area contributed by atoms with Gasteiger partial charge in [-0.2, -0.15) is 10.4 Å². The lowest BCUT2D eigenvalue weighted by molar-refractivity contribution is 0.0933. The predicted molar refractivity (Wildman–Crippen MR) is 131 cm³/mol. The predicted octanol–water partition coefficient (Wildman–Crippen LogP) is 4.04. The molecule has 1 atom stereocenters. The summed E-state index contributed by atoms with van der Waals surface area (Å²) in [5.74, 6) is -0.753. The molecule has 0 radical (unpaired) electrons. The van der Waals surface area contributed by atoms with Gasteiger partial charge in [0.25, 0.3) is 11.8 Å². The number of pyridine rings is 1. The van der Waals surface area contributed by atoms with Crippen molar-refractivity contribution in [1.82, 2.24) is 14.8 Å². The lowest BCUT2D eigenvalue weighted by Gasteiger charge is -2.34. The molecule has 0 saturated carbocycles. The summed E-state index contributed by atoms with van der Waals surface area (Å²) in [4.78, 5) is 32.2. The Bertz CT molecular complexity index is 1440. The third kappa shape index (κ3) is 4.39. The van der Waals surface area contributed by atoms with Crippen molar-refractivity contribution in [3.05, 3.63) is 107 Å². The first-order valence-electron chi connectivity index (χ1n) is 11.2. The number of fused-ring (bicyclic) bond motifs is 1. The largest absolute Gasteiger partial charge is 0.322 e. The van der Waals surface area contributed by atoms with Crippen molar-refractivity contribution < 1.29 is 9.59 Å². The van der Waals surface area contributed by atoms with Crippen molar-refractivity contribution in [3.8, 4) is 6.07 Å². The van der Waals surface area contributed by atoms with E-state index in [9.17, 15) is 9.59 Å². The Morgan fingerprint density at radius 1 is 1.11 bits per heavy atom. The molecule has 1 N–H and O–H groups in total. The molecule has 1 unspecified atom stereocenters. The average molecular weight is 463 g/mol. The lowest BCUT2D eigenvalue weighted by Crippen LogP contribution is -2.47. The smallest absolute Gasteiger partial charge is 0.277 e. The number of amides is 2. The van der Waals surface area contributed by atoms with Gasteiger partial charge < -0.3 is 10.2 Å². The highest BCUT2D eigenvalue weighted by Gasteiger charge is 2.35. The van der Waals surface area contributed by atoms with Gasteiger partial charge in [-0.15, -0.1) is 0 Å². The first-order chi connectivity index (χ1) is 17.0. The molecule has 0 bridgehead atoms. The molecule has 172 valence electrons. The molecule has 2 aromatic carbocycles. The van der Waals surface area contributed by atoms with Crippen molar-refractivity contribution >= 4 is 23.2 Å². The number of benzene rings is 2. The van der Waals surface area contributed by atoms with Gasteiger partial charge >= 0.3 is 0 Å². The lowest BCUT2D eigenvalue weighted by atomic mass is 10.0. The highest BCUT2D eigenvalue weighted by atomic mass is 16.2. The van der Waals surface area contributed by atoms with Gasteiger partial charge in [0.1, 0.15) is 17.5 Å². The molecule has 4 aromatic rings. The van der Waals surface area contributed by atoms with Gasteiger partial charge in [0.15, 0.2) is 0 Å². The highest BCUT2D eigenvalue weighted by molar-refractivity contribution is 6.15. The van der Waals surface area contributed by atoms with Gasteiger partial charge in [-0.3, -0.25) is 14.3 Å². The quantitative estimate of drug-likeness (QED) is 0.482. The average Bonchev–Trinajstić information content (AvgIpc) is 3.30. The highest BCUT2D eigenvalue weighted by Crippen LogP contribution is 2.28. The standard InChI is InChI=1S/C27H22N6O2/c1-18-17-32-25(24(16-30-32)26(34)31-21-11-12-29-22(14-21)15-28)27(35)33(18)23-9-7-20(8-10-23)13-19-5-3-2-4-6-19/h2-12,14,16,18H,13,17H2,1H3,(H,29,31,34). The Labute approximate surface area is 202 Å². The van der Waals surface area contributed by atoms with Crippen molar-refractivity contribution in [2.24, 2.45) is 0 Å². The second kappa shape index (κ2) is 9.23.